The minimum absolute atomic E-state index is 0.435. The Hall–Kier alpha value is -0.585. The standard InChI is InChI=1S/C13H20BClN2O2/c1-2-16-5-7-17(8-6-16)10-11-3-4-12(14(18)19)9-13(11)15/h3-4,9,18-19H,2,5-8,10H2,1H3. The summed E-state index contributed by atoms with van der Waals surface area (Å²) in [5, 5.41) is 18.8. The van der Waals surface area contributed by atoms with Gasteiger partial charge >= 0.3 is 7.12 Å². The number of likely N-dealkylation sites (N-methyl/N-ethyl adjacent to an activating group) is 1. The Morgan fingerprint density at radius 1 is 1.16 bits per heavy atom. The van der Waals surface area contributed by atoms with Gasteiger partial charge in [-0.05, 0) is 23.6 Å². The highest BCUT2D eigenvalue weighted by Gasteiger charge is 2.17. The van der Waals surface area contributed by atoms with E-state index in [-0.39, 0.29) is 0 Å². The fraction of sp³-hybridized carbons (Fsp3) is 0.538. The van der Waals surface area contributed by atoms with Crippen LogP contribution < -0.4 is 5.46 Å². The smallest absolute Gasteiger partial charge is 0.423 e. The minimum Gasteiger partial charge on any atom is -0.423 e. The van der Waals surface area contributed by atoms with Gasteiger partial charge < -0.3 is 14.9 Å². The maximum absolute atomic E-state index is 9.10. The van der Waals surface area contributed by atoms with Crippen molar-refractivity contribution in [2.75, 3.05) is 32.7 Å². The van der Waals surface area contributed by atoms with Crippen molar-refractivity contribution in [2.24, 2.45) is 0 Å². The van der Waals surface area contributed by atoms with Gasteiger partial charge in [0.15, 0.2) is 0 Å². The fourth-order valence-corrected chi connectivity index (χ4v) is 2.61. The molecule has 1 saturated heterocycles. The van der Waals surface area contributed by atoms with E-state index in [0.29, 0.717) is 10.5 Å². The fourth-order valence-electron chi connectivity index (χ4n) is 2.36. The SMILES string of the molecule is CCN1CCN(Cc2ccc(B(O)O)cc2Cl)CC1. The Morgan fingerprint density at radius 3 is 2.32 bits per heavy atom. The van der Waals surface area contributed by atoms with Gasteiger partial charge in [-0.3, -0.25) is 4.90 Å². The molecule has 0 bridgehead atoms. The van der Waals surface area contributed by atoms with Crippen molar-refractivity contribution in [1.29, 1.82) is 0 Å². The van der Waals surface area contributed by atoms with Gasteiger partial charge in [0, 0.05) is 37.7 Å². The van der Waals surface area contributed by atoms with Crippen LogP contribution in [0.3, 0.4) is 0 Å². The lowest BCUT2D eigenvalue weighted by Gasteiger charge is -2.34. The lowest BCUT2D eigenvalue weighted by molar-refractivity contribution is 0.132. The summed E-state index contributed by atoms with van der Waals surface area (Å²) in [7, 11) is -1.46. The summed E-state index contributed by atoms with van der Waals surface area (Å²) in [5.74, 6) is 0. The quantitative estimate of drug-likeness (QED) is 0.772. The van der Waals surface area contributed by atoms with E-state index < -0.39 is 7.12 Å². The zero-order valence-corrected chi connectivity index (χ0v) is 12.0. The molecule has 0 saturated carbocycles. The van der Waals surface area contributed by atoms with Crippen LogP contribution in [0.5, 0.6) is 0 Å². The number of nitrogens with zero attached hydrogens (tertiary/aromatic N) is 2. The highest BCUT2D eigenvalue weighted by molar-refractivity contribution is 6.59. The molecule has 2 rings (SSSR count). The van der Waals surface area contributed by atoms with Crippen molar-refractivity contribution in [1.82, 2.24) is 9.80 Å². The third kappa shape index (κ3) is 3.94. The summed E-state index contributed by atoms with van der Waals surface area (Å²) < 4.78 is 0. The first-order chi connectivity index (χ1) is 9.10. The van der Waals surface area contributed by atoms with Gasteiger partial charge in [0.05, 0.1) is 0 Å². The topological polar surface area (TPSA) is 46.9 Å². The molecule has 1 aromatic rings. The van der Waals surface area contributed by atoms with Gasteiger partial charge in [-0.25, -0.2) is 0 Å². The van der Waals surface area contributed by atoms with Crippen molar-refractivity contribution < 1.29 is 10.0 Å². The van der Waals surface area contributed by atoms with E-state index in [4.69, 9.17) is 21.6 Å². The van der Waals surface area contributed by atoms with Crippen LogP contribution in [0, 0.1) is 0 Å². The van der Waals surface area contributed by atoms with E-state index in [2.05, 4.69) is 16.7 Å². The predicted octanol–water partition coefficient (Wildman–Crippen LogP) is 0.157. The van der Waals surface area contributed by atoms with E-state index >= 15 is 0 Å². The third-order valence-corrected chi connectivity index (χ3v) is 4.03. The van der Waals surface area contributed by atoms with Crippen LogP contribution in [-0.2, 0) is 6.54 Å². The molecule has 1 fully saturated rings. The Balaban J connectivity index is 1.96. The Morgan fingerprint density at radius 2 is 1.79 bits per heavy atom. The number of hydrogen-bond donors (Lipinski definition) is 2. The van der Waals surface area contributed by atoms with E-state index in [1.54, 1.807) is 12.1 Å². The maximum Gasteiger partial charge on any atom is 0.488 e. The van der Waals surface area contributed by atoms with Gasteiger partial charge in [0.2, 0.25) is 0 Å². The highest BCUT2D eigenvalue weighted by Crippen LogP contribution is 2.17. The second kappa shape index (κ2) is 6.73. The first-order valence-corrected chi connectivity index (χ1v) is 7.07. The Kier molecular flexibility index (Phi) is 5.24. The molecule has 104 valence electrons. The lowest BCUT2D eigenvalue weighted by Crippen LogP contribution is -2.45. The zero-order valence-electron chi connectivity index (χ0n) is 11.2. The third-order valence-electron chi connectivity index (χ3n) is 3.68. The average Bonchev–Trinajstić information content (AvgIpc) is 2.41. The second-order valence-corrected chi connectivity index (χ2v) is 5.34. The number of hydrogen-bond acceptors (Lipinski definition) is 4. The van der Waals surface area contributed by atoms with Gasteiger partial charge in [0.1, 0.15) is 0 Å². The van der Waals surface area contributed by atoms with Crippen LogP contribution in [0.1, 0.15) is 12.5 Å². The molecular formula is C13H20BClN2O2. The molecule has 4 nitrogen and oxygen atoms in total. The number of rotatable bonds is 4. The summed E-state index contributed by atoms with van der Waals surface area (Å²) >= 11 is 6.19. The monoisotopic (exact) mass is 282 g/mol. The van der Waals surface area contributed by atoms with Crippen molar-refractivity contribution in [3.05, 3.63) is 28.8 Å². The predicted molar refractivity (Wildman–Crippen MR) is 78.7 cm³/mol. The number of halogens is 1. The van der Waals surface area contributed by atoms with E-state index in [1.807, 2.05) is 6.07 Å². The van der Waals surface area contributed by atoms with Crippen molar-refractivity contribution in [2.45, 2.75) is 13.5 Å². The van der Waals surface area contributed by atoms with E-state index in [0.717, 1.165) is 44.8 Å². The van der Waals surface area contributed by atoms with Gasteiger partial charge in [-0.15, -0.1) is 0 Å². The summed E-state index contributed by atoms with van der Waals surface area (Å²) in [4.78, 5) is 4.81. The van der Waals surface area contributed by atoms with Crippen LogP contribution in [-0.4, -0.2) is 59.7 Å². The molecule has 1 aliphatic rings. The summed E-state index contributed by atoms with van der Waals surface area (Å²) in [5.41, 5.74) is 1.47. The van der Waals surface area contributed by atoms with Crippen molar-refractivity contribution in [3.8, 4) is 0 Å². The van der Waals surface area contributed by atoms with Crippen LogP contribution >= 0.6 is 11.6 Å². The van der Waals surface area contributed by atoms with Crippen molar-refractivity contribution in [3.63, 3.8) is 0 Å². The first-order valence-electron chi connectivity index (χ1n) is 6.69. The molecule has 1 aliphatic heterocycles. The number of piperazine rings is 1. The molecular weight excluding hydrogens is 262 g/mol. The van der Waals surface area contributed by atoms with Crippen LogP contribution in [0.15, 0.2) is 18.2 Å². The van der Waals surface area contributed by atoms with E-state index in [9.17, 15) is 0 Å². The lowest BCUT2D eigenvalue weighted by atomic mass is 9.80. The molecule has 0 atom stereocenters. The Bertz CT molecular complexity index is 423. The molecule has 0 aliphatic carbocycles. The summed E-state index contributed by atoms with van der Waals surface area (Å²) in [6.07, 6.45) is 0. The molecule has 0 spiro atoms. The molecule has 2 N–H and O–H groups in total. The number of benzene rings is 1. The van der Waals surface area contributed by atoms with Crippen LogP contribution in [0.4, 0.5) is 0 Å². The maximum atomic E-state index is 9.10. The normalized spacial score (nSPS) is 17.7. The molecule has 0 aromatic heterocycles. The summed E-state index contributed by atoms with van der Waals surface area (Å²) in [6, 6.07) is 5.22. The summed E-state index contributed by atoms with van der Waals surface area (Å²) in [6.45, 7) is 8.41. The van der Waals surface area contributed by atoms with Crippen LogP contribution in [0.25, 0.3) is 0 Å². The first kappa shape index (κ1) is 14.8. The zero-order chi connectivity index (χ0) is 13.8. The van der Waals surface area contributed by atoms with Crippen LogP contribution in [0.2, 0.25) is 5.02 Å². The molecule has 1 heterocycles. The average molecular weight is 283 g/mol. The van der Waals surface area contributed by atoms with Gasteiger partial charge in [0.25, 0.3) is 0 Å². The molecule has 1 aromatic carbocycles. The molecule has 0 unspecified atom stereocenters. The van der Waals surface area contributed by atoms with E-state index in [1.165, 1.54) is 0 Å². The molecule has 19 heavy (non-hydrogen) atoms. The van der Waals surface area contributed by atoms with Gasteiger partial charge in [-0.1, -0.05) is 30.7 Å². The molecule has 6 heteroatoms. The largest absolute Gasteiger partial charge is 0.488 e. The highest BCUT2D eigenvalue weighted by atomic mass is 35.5. The van der Waals surface area contributed by atoms with Crippen molar-refractivity contribution >= 4 is 24.2 Å². The van der Waals surface area contributed by atoms with Gasteiger partial charge in [-0.2, -0.15) is 0 Å². The molecule has 0 radical (unpaired) electrons. The minimum atomic E-state index is -1.46. The second-order valence-electron chi connectivity index (χ2n) is 4.93. The molecule has 0 amide bonds. The Labute approximate surface area is 119 Å².